The van der Waals surface area contributed by atoms with Gasteiger partial charge in [0, 0.05) is 0 Å². The van der Waals surface area contributed by atoms with Crippen LogP contribution >= 0.6 is 0 Å². The molecule has 0 aliphatic carbocycles. The first-order valence-electron chi connectivity index (χ1n) is 5.64. The van der Waals surface area contributed by atoms with Crippen molar-refractivity contribution in [3.63, 3.8) is 0 Å². The van der Waals surface area contributed by atoms with E-state index in [-0.39, 0.29) is 42.7 Å². The maximum Gasteiger partial charge on any atom is 1.00 e. The van der Waals surface area contributed by atoms with Gasteiger partial charge in [0.05, 0.1) is 22.5 Å². The zero-order chi connectivity index (χ0) is 13.3. The third-order valence-corrected chi connectivity index (χ3v) is 3.10. The van der Waals surface area contributed by atoms with E-state index in [4.69, 9.17) is 0 Å². The Bertz CT molecular complexity index is 288. The number of hydrogen-bond donors (Lipinski definition) is 0. The van der Waals surface area contributed by atoms with E-state index in [1.54, 1.807) is 0 Å². The van der Waals surface area contributed by atoms with Crippen molar-refractivity contribution >= 4 is 10.1 Å². The molecule has 18 heavy (non-hydrogen) atoms. The number of hydrogen-bond acceptors (Lipinski definition) is 3. The van der Waals surface area contributed by atoms with Crippen LogP contribution in [0.15, 0.2) is 0 Å². The second-order valence-corrected chi connectivity index (χ2v) is 5.45. The molecule has 8 heteroatoms. The molecule has 0 rings (SSSR count). The Balaban J connectivity index is 0. The Hall–Kier alpha value is 0.700. The van der Waals surface area contributed by atoms with E-state index in [0.717, 1.165) is 6.42 Å². The Kier molecular flexibility index (Phi) is 13.4. The first-order chi connectivity index (χ1) is 7.87. The molecule has 3 nitrogen and oxygen atoms in total. The van der Waals surface area contributed by atoms with Gasteiger partial charge in [-0.2, -0.15) is 0 Å². The van der Waals surface area contributed by atoms with Crippen molar-refractivity contribution < 1.29 is 55.7 Å². The molecule has 0 heterocycles. The molecule has 0 N–H and O–H groups in total. The van der Waals surface area contributed by atoms with Crippen LogP contribution in [-0.2, 0) is 10.1 Å². The summed E-state index contributed by atoms with van der Waals surface area (Å²) in [7, 11) is -4.72. The van der Waals surface area contributed by atoms with Crippen molar-refractivity contribution in [1.29, 1.82) is 0 Å². The molecule has 2 atom stereocenters. The molecule has 0 aromatic rings. The molecule has 2 unspecified atom stereocenters. The minimum atomic E-state index is -4.72. The average molecular weight is 298 g/mol. The van der Waals surface area contributed by atoms with Gasteiger partial charge in [-0.3, -0.25) is 4.39 Å². The molecule has 104 valence electrons. The summed E-state index contributed by atoms with van der Waals surface area (Å²) in [4.78, 5) is 0. The summed E-state index contributed by atoms with van der Waals surface area (Å²) in [5.41, 5.74) is 0. The van der Waals surface area contributed by atoms with Crippen molar-refractivity contribution in [2.24, 2.45) is 0 Å². The van der Waals surface area contributed by atoms with Crippen LogP contribution < -0.4 is 29.6 Å². The van der Waals surface area contributed by atoms with E-state index in [0.29, 0.717) is 25.7 Å². The van der Waals surface area contributed by atoms with Gasteiger partial charge in [0.15, 0.2) is 0 Å². The standard InChI is InChI=1S/C10H19F3O3S.Na/c11-7-5-3-1-2-4-6-9(12)10(13)8-17(14,15)16;/h9-10H,1-8H2,(H,14,15,16);/q;+1/p-1. The quantitative estimate of drug-likeness (QED) is 0.311. The molecule has 0 amide bonds. The van der Waals surface area contributed by atoms with Crippen molar-refractivity contribution in [3.05, 3.63) is 0 Å². The summed E-state index contributed by atoms with van der Waals surface area (Å²) < 4.78 is 68.3. The fourth-order valence-electron chi connectivity index (χ4n) is 1.44. The van der Waals surface area contributed by atoms with Crippen molar-refractivity contribution in [1.82, 2.24) is 0 Å². The van der Waals surface area contributed by atoms with Crippen molar-refractivity contribution in [2.45, 2.75) is 50.9 Å². The maximum atomic E-state index is 13.1. The monoisotopic (exact) mass is 298 g/mol. The third kappa shape index (κ3) is 13.1. The molecule has 0 spiro atoms. The van der Waals surface area contributed by atoms with E-state index in [1.165, 1.54) is 0 Å². The predicted octanol–water partition coefficient (Wildman–Crippen LogP) is -0.478. The number of halogens is 3. The third-order valence-electron chi connectivity index (χ3n) is 2.37. The second-order valence-electron chi connectivity index (χ2n) is 4.00. The molecular formula is C10H18F3NaO3S. The fourth-order valence-corrected chi connectivity index (χ4v) is 2.04. The van der Waals surface area contributed by atoms with Crippen molar-refractivity contribution in [3.8, 4) is 0 Å². The zero-order valence-corrected chi connectivity index (χ0v) is 13.4. The average Bonchev–Trinajstić information content (AvgIpc) is 2.20. The van der Waals surface area contributed by atoms with E-state index < -0.39 is 28.2 Å². The largest absolute Gasteiger partial charge is 1.00 e. The molecule has 0 aliphatic rings. The van der Waals surface area contributed by atoms with Gasteiger partial charge in [0.2, 0.25) is 0 Å². The molecule has 0 fully saturated rings. The summed E-state index contributed by atoms with van der Waals surface area (Å²) in [5, 5.41) is 0. The maximum absolute atomic E-state index is 13.1. The topological polar surface area (TPSA) is 57.2 Å². The number of alkyl halides is 3. The van der Waals surface area contributed by atoms with Crippen LogP contribution in [0.3, 0.4) is 0 Å². The molecule has 0 aromatic carbocycles. The van der Waals surface area contributed by atoms with E-state index in [2.05, 4.69) is 0 Å². The Morgan fingerprint density at radius 1 is 0.944 bits per heavy atom. The van der Waals surface area contributed by atoms with Crippen LogP contribution in [0.5, 0.6) is 0 Å². The predicted molar refractivity (Wildman–Crippen MR) is 58.0 cm³/mol. The zero-order valence-electron chi connectivity index (χ0n) is 10.6. The Morgan fingerprint density at radius 2 is 1.44 bits per heavy atom. The summed E-state index contributed by atoms with van der Waals surface area (Å²) in [5.74, 6) is -1.31. The summed E-state index contributed by atoms with van der Waals surface area (Å²) >= 11 is 0. The van der Waals surface area contributed by atoms with E-state index in [9.17, 15) is 26.1 Å². The molecular weight excluding hydrogens is 280 g/mol. The normalized spacial score (nSPS) is 14.9. The van der Waals surface area contributed by atoms with Crippen LogP contribution in [0, 0.1) is 0 Å². The van der Waals surface area contributed by atoms with Crippen molar-refractivity contribution in [2.75, 3.05) is 12.4 Å². The Morgan fingerprint density at radius 3 is 1.94 bits per heavy atom. The molecule has 0 radical (unpaired) electrons. The van der Waals surface area contributed by atoms with Crippen LogP contribution in [0.1, 0.15) is 38.5 Å². The van der Waals surface area contributed by atoms with Crippen LogP contribution in [0.4, 0.5) is 13.2 Å². The van der Waals surface area contributed by atoms with Gasteiger partial charge in [-0.05, 0) is 12.8 Å². The fraction of sp³-hybridized carbons (Fsp3) is 1.00. The van der Waals surface area contributed by atoms with Crippen LogP contribution in [-0.4, -0.2) is 37.7 Å². The summed E-state index contributed by atoms with van der Waals surface area (Å²) in [6, 6.07) is 0. The molecule has 0 saturated heterocycles. The number of unbranched alkanes of at least 4 members (excludes halogenated alkanes) is 4. The molecule has 0 aliphatic heterocycles. The first-order valence-corrected chi connectivity index (χ1v) is 7.22. The van der Waals surface area contributed by atoms with Gasteiger partial charge in [-0.25, -0.2) is 17.2 Å². The molecule has 0 saturated carbocycles. The minimum absolute atomic E-state index is 0. The van der Waals surface area contributed by atoms with Gasteiger partial charge in [0.1, 0.15) is 12.3 Å². The minimum Gasteiger partial charge on any atom is -0.748 e. The summed E-state index contributed by atoms with van der Waals surface area (Å²) in [6.45, 7) is -0.375. The van der Waals surface area contributed by atoms with Gasteiger partial charge in [-0.15, -0.1) is 0 Å². The SMILES string of the molecule is O=S(=O)([O-])CC(F)C(F)CCCCCCCF.[Na+]. The Labute approximate surface area is 129 Å². The first kappa shape index (κ1) is 21.0. The van der Waals surface area contributed by atoms with Gasteiger partial charge in [0.25, 0.3) is 0 Å². The van der Waals surface area contributed by atoms with Crippen LogP contribution in [0.25, 0.3) is 0 Å². The van der Waals surface area contributed by atoms with E-state index in [1.807, 2.05) is 0 Å². The van der Waals surface area contributed by atoms with Gasteiger partial charge in [-0.1, -0.05) is 25.7 Å². The number of rotatable bonds is 10. The molecule has 0 aromatic heterocycles. The molecule has 0 bridgehead atoms. The smallest absolute Gasteiger partial charge is 0.748 e. The van der Waals surface area contributed by atoms with Crippen LogP contribution in [0.2, 0.25) is 0 Å². The van der Waals surface area contributed by atoms with E-state index >= 15 is 0 Å². The summed E-state index contributed by atoms with van der Waals surface area (Å²) in [6.07, 6.45) is -1.28. The second kappa shape index (κ2) is 11.5. The van der Waals surface area contributed by atoms with Gasteiger partial charge >= 0.3 is 29.6 Å². The van der Waals surface area contributed by atoms with Gasteiger partial charge < -0.3 is 4.55 Å².